The van der Waals surface area contributed by atoms with Gasteiger partial charge in [0.1, 0.15) is 11.9 Å². The van der Waals surface area contributed by atoms with Gasteiger partial charge in [0.25, 0.3) is 0 Å². The van der Waals surface area contributed by atoms with Crippen LogP contribution in [0.1, 0.15) is 78.7 Å². The largest absolute Gasteiger partial charge is 0.478 e. The Kier molecular flexibility index (Phi) is 7.88. The number of cyclic esters (lactones) is 1. The number of ether oxygens (including phenoxy) is 1. The van der Waals surface area contributed by atoms with Gasteiger partial charge in [-0.1, -0.05) is 43.7 Å². The van der Waals surface area contributed by atoms with Crippen LogP contribution in [0.2, 0.25) is 0 Å². The second-order valence-corrected chi connectivity index (χ2v) is 12.3. The van der Waals surface area contributed by atoms with E-state index in [4.69, 9.17) is 4.74 Å². The van der Waals surface area contributed by atoms with Crippen molar-refractivity contribution in [2.45, 2.75) is 65.3 Å². The van der Waals surface area contributed by atoms with Crippen LogP contribution < -0.4 is 0 Å². The molecule has 1 N–H and O–H groups in total. The van der Waals surface area contributed by atoms with E-state index in [1.54, 1.807) is 49.1 Å². The van der Waals surface area contributed by atoms with Crippen molar-refractivity contribution in [3.8, 4) is 11.1 Å². The predicted molar refractivity (Wildman–Crippen MR) is 155 cm³/mol. The monoisotopic (exact) mass is 595 g/mol. The number of amides is 1. The molecule has 0 bridgehead atoms. The fourth-order valence-electron chi connectivity index (χ4n) is 6.15. The van der Waals surface area contributed by atoms with Crippen molar-refractivity contribution in [2.75, 3.05) is 6.54 Å². The molecule has 0 radical (unpaired) electrons. The molecule has 43 heavy (non-hydrogen) atoms. The van der Waals surface area contributed by atoms with Crippen LogP contribution in [0.5, 0.6) is 0 Å². The minimum atomic E-state index is -4.52. The van der Waals surface area contributed by atoms with Gasteiger partial charge in [0, 0.05) is 12.1 Å². The Morgan fingerprint density at radius 1 is 1.05 bits per heavy atom. The van der Waals surface area contributed by atoms with Crippen LogP contribution in [0.15, 0.2) is 66.2 Å². The average Bonchev–Trinajstić information content (AvgIpc) is 3.21. The van der Waals surface area contributed by atoms with Gasteiger partial charge in [-0.3, -0.25) is 4.90 Å². The molecule has 0 saturated carbocycles. The normalized spacial score (nSPS) is 20.4. The van der Waals surface area contributed by atoms with Crippen molar-refractivity contribution in [3.63, 3.8) is 0 Å². The van der Waals surface area contributed by atoms with Crippen LogP contribution in [0, 0.1) is 18.2 Å². The first-order chi connectivity index (χ1) is 20.1. The molecule has 0 spiro atoms. The summed E-state index contributed by atoms with van der Waals surface area (Å²) in [7, 11) is 0. The van der Waals surface area contributed by atoms with E-state index < -0.39 is 41.8 Å². The Morgan fingerprint density at radius 3 is 2.37 bits per heavy atom. The van der Waals surface area contributed by atoms with E-state index in [-0.39, 0.29) is 17.5 Å². The van der Waals surface area contributed by atoms with Crippen molar-refractivity contribution in [2.24, 2.45) is 5.41 Å². The zero-order valence-electron chi connectivity index (χ0n) is 24.4. The summed E-state index contributed by atoms with van der Waals surface area (Å²) >= 11 is 0. The minimum absolute atomic E-state index is 0.0568. The summed E-state index contributed by atoms with van der Waals surface area (Å²) in [6, 6.07) is 14.1. The van der Waals surface area contributed by atoms with E-state index in [0.29, 0.717) is 35.1 Å². The summed E-state index contributed by atoms with van der Waals surface area (Å²) < 4.78 is 61.2. The Bertz CT molecular complexity index is 1610. The highest BCUT2D eigenvalue weighted by Crippen LogP contribution is 2.45. The fourth-order valence-corrected chi connectivity index (χ4v) is 6.15. The smallest absolute Gasteiger partial charge is 0.416 e. The Hall–Kier alpha value is -4.14. The first-order valence-corrected chi connectivity index (χ1v) is 14.1. The Labute approximate surface area is 247 Å². The summed E-state index contributed by atoms with van der Waals surface area (Å²) in [5.74, 6) is -1.51. The van der Waals surface area contributed by atoms with Crippen LogP contribution in [0.4, 0.5) is 22.4 Å². The number of rotatable bonds is 6. The second-order valence-electron chi connectivity index (χ2n) is 12.3. The number of carboxylic acid groups (broad SMARTS) is 1. The predicted octanol–water partition coefficient (Wildman–Crippen LogP) is 9.06. The number of halogens is 4. The molecule has 0 unspecified atom stereocenters. The van der Waals surface area contributed by atoms with E-state index in [9.17, 15) is 32.3 Å². The van der Waals surface area contributed by atoms with Gasteiger partial charge < -0.3 is 9.84 Å². The van der Waals surface area contributed by atoms with Gasteiger partial charge in [0.2, 0.25) is 0 Å². The molecule has 1 heterocycles. The van der Waals surface area contributed by atoms with Gasteiger partial charge in [-0.2, -0.15) is 13.2 Å². The zero-order valence-corrected chi connectivity index (χ0v) is 24.4. The molecule has 0 aromatic heterocycles. The zero-order chi connectivity index (χ0) is 31.3. The lowest BCUT2D eigenvalue weighted by Gasteiger charge is -2.35. The maximum atomic E-state index is 15.0. The average molecular weight is 596 g/mol. The highest BCUT2D eigenvalue weighted by molar-refractivity contribution is 5.88. The summed E-state index contributed by atoms with van der Waals surface area (Å²) in [5, 5.41) is 9.22. The van der Waals surface area contributed by atoms with Gasteiger partial charge in [0.05, 0.1) is 17.2 Å². The lowest BCUT2D eigenvalue weighted by molar-refractivity contribution is -0.137. The fraction of sp³-hybridized carbons (Fsp3) is 0.353. The molecule has 2 aliphatic rings. The number of hydrogen-bond acceptors (Lipinski definition) is 3. The Morgan fingerprint density at radius 2 is 1.72 bits per heavy atom. The number of benzene rings is 3. The number of nitrogens with zero attached hydrogens (tertiary/aromatic N) is 1. The SMILES string of the molecule is Cc1cc([C@H]2OC(=O)N(CC3=C(c4ccc(F)c(-c5ccc(C(=O)O)cc5)c4)CCC(C)(C)C3)[C@H]2C)cc(C(F)(F)F)c1. The van der Waals surface area contributed by atoms with Gasteiger partial charge in [-0.25, -0.2) is 14.0 Å². The molecule has 1 fully saturated rings. The Balaban J connectivity index is 1.49. The molecule has 3 aromatic rings. The molecule has 9 heteroatoms. The van der Waals surface area contributed by atoms with Crippen LogP contribution in [0.25, 0.3) is 16.7 Å². The number of carbonyl (C=O) groups is 2. The van der Waals surface area contributed by atoms with E-state index in [1.807, 2.05) is 0 Å². The van der Waals surface area contributed by atoms with Crippen molar-refractivity contribution in [1.29, 1.82) is 0 Å². The van der Waals surface area contributed by atoms with Gasteiger partial charge >= 0.3 is 18.2 Å². The second kappa shape index (κ2) is 11.2. The lowest BCUT2D eigenvalue weighted by atomic mass is 9.72. The number of alkyl halides is 3. The van der Waals surface area contributed by atoms with Crippen molar-refractivity contribution in [3.05, 3.63) is 99.9 Å². The third-order valence-electron chi connectivity index (χ3n) is 8.44. The van der Waals surface area contributed by atoms with Gasteiger partial charge in [-0.05, 0) is 103 Å². The number of hydrogen-bond donors (Lipinski definition) is 1. The molecular formula is C34H33F4NO4. The van der Waals surface area contributed by atoms with E-state index in [0.717, 1.165) is 35.3 Å². The van der Waals surface area contributed by atoms with Crippen molar-refractivity contribution >= 4 is 17.6 Å². The molecule has 3 aromatic carbocycles. The van der Waals surface area contributed by atoms with E-state index >= 15 is 0 Å². The summed E-state index contributed by atoms with van der Waals surface area (Å²) in [4.78, 5) is 26.0. The van der Waals surface area contributed by atoms with Crippen LogP contribution in [-0.4, -0.2) is 34.7 Å². The molecule has 1 aliphatic carbocycles. The van der Waals surface area contributed by atoms with Gasteiger partial charge in [0.15, 0.2) is 0 Å². The summed E-state index contributed by atoms with van der Waals surface area (Å²) in [6.07, 6.45) is -3.74. The maximum Gasteiger partial charge on any atom is 0.416 e. The standard InChI is InChI=1S/C34H33F4NO4/c1-19-13-24(15-26(14-19)34(36,37)38)30-20(2)39(32(42)43-30)18-25-17-33(3,4)12-11-27(25)23-9-10-29(35)28(16-23)21-5-7-22(8-6-21)31(40)41/h5-10,13-16,20,30H,11-12,17-18H2,1-4H3,(H,40,41)/t20-,30-/m0/s1. The van der Waals surface area contributed by atoms with Gasteiger partial charge in [-0.15, -0.1) is 0 Å². The number of aromatic carboxylic acids is 1. The van der Waals surface area contributed by atoms with E-state index in [2.05, 4.69) is 13.8 Å². The molecule has 2 atom stereocenters. The number of allylic oxidation sites excluding steroid dienone is 1. The first kappa shape index (κ1) is 30.3. The first-order valence-electron chi connectivity index (χ1n) is 14.1. The molecule has 226 valence electrons. The summed E-state index contributed by atoms with van der Waals surface area (Å²) in [5.41, 5.74) is 3.63. The molecule has 1 amide bonds. The van der Waals surface area contributed by atoms with Crippen LogP contribution in [0.3, 0.4) is 0 Å². The minimum Gasteiger partial charge on any atom is -0.478 e. The highest BCUT2D eigenvalue weighted by atomic mass is 19.4. The number of carbonyl (C=O) groups excluding carboxylic acids is 1. The number of aryl methyl sites for hydroxylation is 1. The quantitative estimate of drug-likeness (QED) is 0.289. The third-order valence-corrected chi connectivity index (χ3v) is 8.44. The summed E-state index contributed by atoms with van der Waals surface area (Å²) in [6.45, 7) is 7.87. The molecule has 1 saturated heterocycles. The topological polar surface area (TPSA) is 66.8 Å². The molecular weight excluding hydrogens is 562 g/mol. The van der Waals surface area contributed by atoms with Crippen molar-refractivity contribution < 1.29 is 37.0 Å². The lowest BCUT2D eigenvalue weighted by Crippen LogP contribution is -2.35. The highest BCUT2D eigenvalue weighted by Gasteiger charge is 2.42. The van der Waals surface area contributed by atoms with Crippen LogP contribution >= 0.6 is 0 Å². The van der Waals surface area contributed by atoms with Crippen molar-refractivity contribution in [1.82, 2.24) is 4.90 Å². The molecule has 5 nitrogen and oxygen atoms in total. The van der Waals surface area contributed by atoms with E-state index in [1.165, 1.54) is 18.2 Å². The third kappa shape index (κ3) is 6.31. The molecule has 5 rings (SSSR count). The van der Waals surface area contributed by atoms with Crippen LogP contribution in [-0.2, 0) is 10.9 Å². The maximum absolute atomic E-state index is 15.0. The molecule has 1 aliphatic heterocycles. The number of carboxylic acids is 1.